The molecule has 1 aliphatic heterocycles. The second-order valence-corrected chi connectivity index (χ2v) is 5.90. The van der Waals surface area contributed by atoms with Crippen molar-refractivity contribution in [2.45, 2.75) is 19.8 Å². The summed E-state index contributed by atoms with van der Waals surface area (Å²) in [5.41, 5.74) is 8.37. The number of aromatic nitrogens is 1. The van der Waals surface area contributed by atoms with Gasteiger partial charge in [0, 0.05) is 42.9 Å². The molecule has 1 aromatic carbocycles. The monoisotopic (exact) mass is 271 g/mol. The third-order valence-electron chi connectivity index (χ3n) is 4.27. The van der Waals surface area contributed by atoms with Crippen LogP contribution in [0.25, 0.3) is 10.8 Å². The lowest BCUT2D eigenvalue weighted by atomic mass is 9.82. The smallest absolute Gasteiger partial charge is 0.0630 e. The number of nitrogens with one attached hydrogen (secondary N) is 1. The largest absolute Gasteiger partial charge is 0.397 e. The van der Waals surface area contributed by atoms with Crippen LogP contribution in [0.5, 0.6) is 0 Å². The lowest BCUT2D eigenvalue weighted by Crippen LogP contribution is -2.33. The fourth-order valence-corrected chi connectivity index (χ4v) is 2.70. The van der Waals surface area contributed by atoms with E-state index in [1.165, 1.54) is 0 Å². The van der Waals surface area contributed by atoms with Crippen molar-refractivity contribution >= 4 is 22.1 Å². The van der Waals surface area contributed by atoms with Gasteiger partial charge in [0.25, 0.3) is 0 Å². The van der Waals surface area contributed by atoms with Crippen molar-refractivity contribution in [3.63, 3.8) is 0 Å². The molecule has 0 radical (unpaired) electrons. The maximum atomic E-state index is 6.26. The molecule has 2 aromatic rings. The fourth-order valence-electron chi connectivity index (χ4n) is 2.70. The third kappa shape index (κ3) is 2.56. The Hall–Kier alpha value is -1.81. The SMILES string of the molecule is CC1(CNc2ccc3cnccc3c2N)CCOCC1. The number of ether oxygens (including phenoxy) is 1. The van der Waals surface area contributed by atoms with Crippen molar-refractivity contribution in [2.75, 3.05) is 30.8 Å². The maximum Gasteiger partial charge on any atom is 0.0630 e. The number of nitrogens with two attached hydrogens (primary N) is 1. The lowest BCUT2D eigenvalue weighted by molar-refractivity contribution is 0.0300. The van der Waals surface area contributed by atoms with Crippen molar-refractivity contribution in [3.05, 3.63) is 30.6 Å². The standard InChI is InChI=1S/C16H21N3O/c1-16(5-8-20-9-6-16)11-19-14-3-2-12-10-18-7-4-13(12)15(14)17/h2-4,7,10,19H,5-6,8-9,11,17H2,1H3. The number of nitrogen functional groups attached to an aromatic ring is 1. The lowest BCUT2D eigenvalue weighted by Gasteiger charge is -2.34. The fraction of sp³-hybridized carbons (Fsp3) is 0.438. The average molecular weight is 271 g/mol. The topological polar surface area (TPSA) is 60.2 Å². The van der Waals surface area contributed by atoms with Gasteiger partial charge in [-0.3, -0.25) is 4.98 Å². The Kier molecular flexibility index (Phi) is 3.49. The van der Waals surface area contributed by atoms with Gasteiger partial charge in [-0.2, -0.15) is 0 Å². The Morgan fingerprint density at radius 1 is 1.30 bits per heavy atom. The predicted octanol–water partition coefficient (Wildman–Crippen LogP) is 3.05. The van der Waals surface area contributed by atoms with Crippen LogP contribution in [0.15, 0.2) is 30.6 Å². The molecule has 106 valence electrons. The first kappa shape index (κ1) is 13.2. The molecule has 1 aliphatic rings. The Bertz CT molecular complexity index is 606. The zero-order chi connectivity index (χ0) is 14.0. The second kappa shape index (κ2) is 5.29. The molecular weight excluding hydrogens is 250 g/mol. The summed E-state index contributed by atoms with van der Waals surface area (Å²) in [7, 11) is 0. The van der Waals surface area contributed by atoms with Crippen molar-refractivity contribution < 1.29 is 4.74 Å². The quantitative estimate of drug-likeness (QED) is 0.842. The minimum absolute atomic E-state index is 0.290. The van der Waals surface area contributed by atoms with Crippen molar-refractivity contribution in [3.8, 4) is 0 Å². The summed E-state index contributed by atoms with van der Waals surface area (Å²) in [6.07, 6.45) is 5.81. The highest BCUT2D eigenvalue weighted by Gasteiger charge is 2.27. The van der Waals surface area contributed by atoms with E-state index >= 15 is 0 Å². The van der Waals surface area contributed by atoms with Crippen molar-refractivity contribution in [1.29, 1.82) is 0 Å². The van der Waals surface area contributed by atoms with Gasteiger partial charge in [0.15, 0.2) is 0 Å². The van der Waals surface area contributed by atoms with E-state index in [-0.39, 0.29) is 5.41 Å². The van der Waals surface area contributed by atoms with E-state index in [4.69, 9.17) is 10.5 Å². The van der Waals surface area contributed by atoms with Crippen LogP contribution in [0.4, 0.5) is 11.4 Å². The molecule has 1 aromatic heterocycles. The second-order valence-electron chi connectivity index (χ2n) is 5.90. The van der Waals surface area contributed by atoms with Crippen LogP contribution in [0, 0.1) is 5.41 Å². The molecule has 0 aliphatic carbocycles. The highest BCUT2D eigenvalue weighted by atomic mass is 16.5. The van der Waals surface area contributed by atoms with E-state index in [0.717, 1.165) is 54.7 Å². The van der Waals surface area contributed by atoms with Crippen LogP contribution in [0.3, 0.4) is 0 Å². The molecule has 1 fully saturated rings. The van der Waals surface area contributed by atoms with E-state index in [1.54, 1.807) is 6.20 Å². The molecule has 1 saturated heterocycles. The third-order valence-corrected chi connectivity index (χ3v) is 4.27. The Morgan fingerprint density at radius 2 is 2.10 bits per heavy atom. The first-order valence-corrected chi connectivity index (χ1v) is 7.12. The minimum atomic E-state index is 0.290. The molecule has 0 spiro atoms. The summed E-state index contributed by atoms with van der Waals surface area (Å²) in [5, 5.41) is 5.65. The predicted molar refractivity (Wildman–Crippen MR) is 82.8 cm³/mol. The number of benzene rings is 1. The summed E-state index contributed by atoms with van der Waals surface area (Å²) in [4.78, 5) is 4.12. The molecule has 0 unspecified atom stereocenters. The molecule has 4 heteroatoms. The molecule has 0 bridgehead atoms. The van der Waals surface area contributed by atoms with Crippen molar-refractivity contribution in [2.24, 2.45) is 5.41 Å². The zero-order valence-corrected chi connectivity index (χ0v) is 11.9. The normalized spacial score (nSPS) is 18.1. The van der Waals surface area contributed by atoms with E-state index in [2.05, 4.69) is 23.3 Å². The Morgan fingerprint density at radius 3 is 2.90 bits per heavy atom. The number of fused-ring (bicyclic) bond motifs is 1. The molecule has 3 N–H and O–H groups in total. The van der Waals surface area contributed by atoms with Crippen LogP contribution in [0.2, 0.25) is 0 Å². The number of hydrogen-bond acceptors (Lipinski definition) is 4. The van der Waals surface area contributed by atoms with E-state index < -0.39 is 0 Å². The van der Waals surface area contributed by atoms with Gasteiger partial charge in [0.2, 0.25) is 0 Å². The zero-order valence-electron chi connectivity index (χ0n) is 11.9. The Labute approximate surface area is 119 Å². The number of nitrogens with zero attached hydrogens (tertiary/aromatic N) is 1. The molecule has 3 rings (SSSR count). The molecule has 2 heterocycles. The summed E-state index contributed by atoms with van der Waals surface area (Å²) in [6.45, 7) is 4.95. The Balaban J connectivity index is 1.79. The average Bonchev–Trinajstić information content (AvgIpc) is 2.48. The van der Waals surface area contributed by atoms with E-state index in [9.17, 15) is 0 Å². The van der Waals surface area contributed by atoms with Gasteiger partial charge < -0.3 is 15.8 Å². The summed E-state index contributed by atoms with van der Waals surface area (Å²) in [5.74, 6) is 0. The van der Waals surface area contributed by atoms with Crippen LogP contribution >= 0.6 is 0 Å². The number of rotatable bonds is 3. The number of pyridine rings is 1. The maximum absolute atomic E-state index is 6.26. The van der Waals surface area contributed by atoms with Gasteiger partial charge in [-0.15, -0.1) is 0 Å². The van der Waals surface area contributed by atoms with Crippen molar-refractivity contribution in [1.82, 2.24) is 4.98 Å². The van der Waals surface area contributed by atoms with Gasteiger partial charge in [0.1, 0.15) is 0 Å². The van der Waals surface area contributed by atoms with Gasteiger partial charge in [-0.05, 0) is 30.4 Å². The number of anilines is 2. The summed E-state index contributed by atoms with van der Waals surface area (Å²) in [6, 6.07) is 6.07. The molecule has 20 heavy (non-hydrogen) atoms. The van der Waals surface area contributed by atoms with Crippen LogP contribution in [0.1, 0.15) is 19.8 Å². The highest BCUT2D eigenvalue weighted by molar-refractivity contribution is 5.98. The molecule has 4 nitrogen and oxygen atoms in total. The van der Waals surface area contributed by atoms with Gasteiger partial charge in [0.05, 0.1) is 11.4 Å². The van der Waals surface area contributed by atoms with Gasteiger partial charge in [-0.25, -0.2) is 0 Å². The minimum Gasteiger partial charge on any atom is -0.397 e. The highest BCUT2D eigenvalue weighted by Crippen LogP contribution is 2.32. The van der Waals surface area contributed by atoms with Crippen LogP contribution in [-0.2, 0) is 4.74 Å². The van der Waals surface area contributed by atoms with E-state index in [0.29, 0.717) is 0 Å². The van der Waals surface area contributed by atoms with Gasteiger partial charge in [-0.1, -0.05) is 13.0 Å². The first-order valence-electron chi connectivity index (χ1n) is 7.12. The van der Waals surface area contributed by atoms with Crippen LogP contribution in [-0.4, -0.2) is 24.7 Å². The summed E-state index contributed by atoms with van der Waals surface area (Å²) >= 11 is 0. The summed E-state index contributed by atoms with van der Waals surface area (Å²) < 4.78 is 5.44. The molecule has 0 atom stereocenters. The van der Waals surface area contributed by atoms with E-state index in [1.807, 2.05) is 18.3 Å². The molecular formula is C16H21N3O. The first-order chi connectivity index (χ1) is 9.68. The molecule has 0 amide bonds. The number of hydrogen-bond donors (Lipinski definition) is 2. The van der Waals surface area contributed by atoms with Crippen LogP contribution < -0.4 is 11.1 Å². The van der Waals surface area contributed by atoms with Gasteiger partial charge >= 0.3 is 0 Å². The molecule has 0 saturated carbocycles.